The maximum atomic E-state index is 12.8. The fraction of sp³-hybridized carbons (Fsp3) is 0.100. The Bertz CT molecular complexity index is 1540. The molecule has 0 atom stereocenters. The number of carbonyl (C=O) groups is 1. The number of nitrogens with zero attached hydrogens (tertiary/aromatic N) is 3. The normalized spacial score (nSPS) is 10.7. The molecule has 0 bridgehead atoms. The quantitative estimate of drug-likeness (QED) is 0.170. The number of halogens is 1. The van der Waals surface area contributed by atoms with Crippen LogP contribution in [0.25, 0.3) is 5.69 Å². The molecule has 1 heterocycles. The summed E-state index contributed by atoms with van der Waals surface area (Å²) in [6.45, 7) is 0.171. The lowest BCUT2D eigenvalue weighted by molar-refractivity contribution is -0.113. The highest BCUT2D eigenvalue weighted by Gasteiger charge is 2.17. The zero-order valence-electron chi connectivity index (χ0n) is 21.5. The molecule has 40 heavy (non-hydrogen) atoms. The summed E-state index contributed by atoms with van der Waals surface area (Å²) >= 11 is 7.25. The topological polar surface area (TPSA) is 87.5 Å². The van der Waals surface area contributed by atoms with Gasteiger partial charge in [-0.2, -0.15) is 0 Å². The minimum Gasteiger partial charge on any atom is -0.497 e. The third kappa shape index (κ3) is 7.13. The first-order valence-corrected chi connectivity index (χ1v) is 13.7. The molecular formula is C30H25ClN4O4S. The van der Waals surface area contributed by atoms with Gasteiger partial charge in [0.25, 0.3) is 0 Å². The number of hydrogen-bond donors (Lipinski definition) is 1. The van der Waals surface area contributed by atoms with Crippen molar-refractivity contribution in [3.63, 3.8) is 0 Å². The Morgan fingerprint density at radius 1 is 0.825 bits per heavy atom. The number of aromatic nitrogens is 3. The molecule has 0 saturated heterocycles. The van der Waals surface area contributed by atoms with Crippen molar-refractivity contribution < 1.29 is 19.0 Å². The Labute approximate surface area is 240 Å². The van der Waals surface area contributed by atoms with Gasteiger partial charge >= 0.3 is 0 Å². The van der Waals surface area contributed by atoms with E-state index in [1.807, 2.05) is 71.3 Å². The third-order valence-corrected chi connectivity index (χ3v) is 6.84. The number of nitrogens with one attached hydrogen (secondary N) is 1. The molecule has 1 N–H and O–H groups in total. The van der Waals surface area contributed by atoms with Gasteiger partial charge in [-0.25, -0.2) is 0 Å². The van der Waals surface area contributed by atoms with Gasteiger partial charge in [0, 0.05) is 16.4 Å². The second-order valence-corrected chi connectivity index (χ2v) is 9.83. The minimum absolute atomic E-state index is 0.134. The molecule has 1 amide bonds. The molecule has 0 unspecified atom stereocenters. The van der Waals surface area contributed by atoms with E-state index < -0.39 is 0 Å². The second-order valence-electron chi connectivity index (χ2n) is 8.45. The Kier molecular flexibility index (Phi) is 8.85. The molecule has 0 saturated carbocycles. The second kappa shape index (κ2) is 13.1. The number of thioether (sulfide) groups is 1. The van der Waals surface area contributed by atoms with Crippen molar-refractivity contribution in [3.8, 4) is 28.7 Å². The number of rotatable bonds is 11. The van der Waals surface area contributed by atoms with Crippen LogP contribution in [0.3, 0.4) is 0 Å². The summed E-state index contributed by atoms with van der Waals surface area (Å²) < 4.78 is 18.9. The summed E-state index contributed by atoms with van der Waals surface area (Å²) in [5.41, 5.74) is 1.48. The van der Waals surface area contributed by atoms with E-state index in [0.29, 0.717) is 33.2 Å². The lowest BCUT2D eigenvalue weighted by atomic mass is 10.3. The summed E-state index contributed by atoms with van der Waals surface area (Å²) in [5.74, 6) is 3.34. The maximum Gasteiger partial charge on any atom is 0.234 e. The molecule has 1 aromatic heterocycles. The van der Waals surface area contributed by atoms with E-state index in [-0.39, 0.29) is 18.3 Å². The molecule has 4 aromatic carbocycles. The SMILES string of the molecule is COc1ccc(-n2c(COc3ccc(Cl)cc3)nnc2SCC(=O)Nc2ccc(Oc3ccccc3)cc2)cc1. The Balaban J connectivity index is 1.25. The van der Waals surface area contributed by atoms with Gasteiger partial charge in [-0.1, -0.05) is 41.6 Å². The Hall–Kier alpha value is -4.47. The lowest BCUT2D eigenvalue weighted by Gasteiger charge is -2.12. The first kappa shape index (κ1) is 27.1. The van der Waals surface area contributed by atoms with E-state index >= 15 is 0 Å². The van der Waals surface area contributed by atoms with Gasteiger partial charge in [-0.05, 0) is 84.9 Å². The van der Waals surface area contributed by atoms with Gasteiger partial charge in [0.2, 0.25) is 5.91 Å². The molecule has 0 aliphatic heterocycles. The van der Waals surface area contributed by atoms with Crippen LogP contribution in [-0.4, -0.2) is 33.5 Å². The van der Waals surface area contributed by atoms with Crippen molar-refractivity contribution in [1.29, 1.82) is 0 Å². The zero-order valence-corrected chi connectivity index (χ0v) is 23.1. The molecule has 5 aromatic rings. The fourth-order valence-corrected chi connectivity index (χ4v) is 4.61. The predicted molar refractivity (Wildman–Crippen MR) is 156 cm³/mol. The van der Waals surface area contributed by atoms with Crippen molar-refractivity contribution in [2.75, 3.05) is 18.2 Å². The molecule has 0 radical (unpaired) electrons. The van der Waals surface area contributed by atoms with Gasteiger partial charge in [-0.15, -0.1) is 10.2 Å². The number of ether oxygens (including phenoxy) is 3. The molecule has 5 rings (SSSR count). The number of carbonyl (C=O) groups excluding carboxylic acids is 1. The molecule has 202 valence electrons. The monoisotopic (exact) mass is 572 g/mol. The first-order valence-electron chi connectivity index (χ1n) is 12.3. The number of amides is 1. The number of hydrogen-bond acceptors (Lipinski definition) is 7. The maximum absolute atomic E-state index is 12.8. The average molecular weight is 573 g/mol. The average Bonchev–Trinajstić information content (AvgIpc) is 3.40. The predicted octanol–water partition coefficient (Wildman–Crippen LogP) is 7.03. The standard InChI is InChI=1S/C30H25ClN4O4S/c1-37-24-17-11-23(12-18-24)35-28(19-38-25-13-7-21(31)8-14-25)33-34-30(35)40-20-29(36)32-22-9-15-27(16-10-22)39-26-5-3-2-4-6-26/h2-18H,19-20H2,1H3,(H,32,36). The van der Waals surface area contributed by atoms with E-state index in [9.17, 15) is 4.79 Å². The van der Waals surface area contributed by atoms with E-state index in [1.165, 1.54) is 11.8 Å². The largest absolute Gasteiger partial charge is 0.497 e. The molecule has 8 nitrogen and oxygen atoms in total. The van der Waals surface area contributed by atoms with Crippen LogP contribution < -0.4 is 19.5 Å². The van der Waals surface area contributed by atoms with Crippen LogP contribution in [0.1, 0.15) is 5.82 Å². The van der Waals surface area contributed by atoms with Crippen LogP contribution in [0, 0.1) is 0 Å². The summed E-state index contributed by atoms with van der Waals surface area (Å²) in [7, 11) is 1.61. The smallest absolute Gasteiger partial charge is 0.234 e. The number of methoxy groups -OCH3 is 1. The third-order valence-electron chi connectivity index (χ3n) is 5.66. The van der Waals surface area contributed by atoms with Crippen LogP contribution in [0.2, 0.25) is 5.02 Å². The van der Waals surface area contributed by atoms with Crippen LogP contribution in [0.5, 0.6) is 23.0 Å². The number of benzene rings is 4. The van der Waals surface area contributed by atoms with E-state index in [2.05, 4.69) is 15.5 Å². The van der Waals surface area contributed by atoms with Crippen LogP contribution in [-0.2, 0) is 11.4 Å². The van der Waals surface area contributed by atoms with Crippen molar-refractivity contribution >= 4 is 35.0 Å². The first-order chi connectivity index (χ1) is 19.6. The highest BCUT2D eigenvalue weighted by Crippen LogP contribution is 2.26. The van der Waals surface area contributed by atoms with Crippen molar-refractivity contribution in [2.45, 2.75) is 11.8 Å². The molecule has 0 fully saturated rings. The Morgan fingerprint density at radius 3 is 2.17 bits per heavy atom. The molecule has 10 heteroatoms. The van der Waals surface area contributed by atoms with Gasteiger partial charge in [0.15, 0.2) is 11.0 Å². The van der Waals surface area contributed by atoms with Crippen LogP contribution in [0.15, 0.2) is 108 Å². The summed E-state index contributed by atoms with van der Waals surface area (Å²) in [6, 6.07) is 31.3. The van der Waals surface area contributed by atoms with Crippen LogP contribution in [0.4, 0.5) is 5.69 Å². The van der Waals surface area contributed by atoms with Crippen molar-refractivity contribution in [3.05, 3.63) is 114 Å². The molecule has 0 aliphatic carbocycles. The number of para-hydroxylation sites is 1. The molecule has 0 spiro atoms. The van der Waals surface area contributed by atoms with Crippen molar-refractivity contribution in [1.82, 2.24) is 14.8 Å². The molecule has 0 aliphatic rings. The lowest BCUT2D eigenvalue weighted by Crippen LogP contribution is -2.14. The van der Waals surface area contributed by atoms with Gasteiger partial charge < -0.3 is 19.5 Å². The summed E-state index contributed by atoms with van der Waals surface area (Å²) in [5, 5.41) is 12.8. The van der Waals surface area contributed by atoms with Crippen molar-refractivity contribution in [2.24, 2.45) is 0 Å². The van der Waals surface area contributed by atoms with Gasteiger partial charge in [0.1, 0.15) is 29.6 Å². The van der Waals surface area contributed by atoms with Gasteiger partial charge in [-0.3, -0.25) is 9.36 Å². The highest BCUT2D eigenvalue weighted by atomic mass is 35.5. The minimum atomic E-state index is -0.176. The summed E-state index contributed by atoms with van der Waals surface area (Å²) in [6.07, 6.45) is 0. The van der Waals surface area contributed by atoms with E-state index in [4.69, 9.17) is 25.8 Å². The molecular weight excluding hydrogens is 548 g/mol. The fourth-order valence-electron chi connectivity index (χ4n) is 3.71. The Morgan fingerprint density at radius 2 is 1.48 bits per heavy atom. The highest BCUT2D eigenvalue weighted by molar-refractivity contribution is 7.99. The van der Waals surface area contributed by atoms with Crippen LogP contribution >= 0.6 is 23.4 Å². The van der Waals surface area contributed by atoms with Gasteiger partial charge in [0.05, 0.1) is 12.9 Å². The zero-order chi connectivity index (χ0) is 27.7. The van der Waals surface area contributed by atoms with E-state index in [0.717, 1.165) is 17.2 Å². The number of anilines is 1. The van der Waals surface area contributed by atoms with E-state index in [1.54, 1.807) is 43.5 Å². The summed E-state index contributed by atoms with van der Waals surface area (Å²) in [4.78, 5) is 12.8.